The number of benzene rings is 1. The minimum Gasteiger partial charge on any atom is -0.353 e. The van der Waals surface area contributed by atoms with Gasteiger partial charge in [0.15, 0.2) is 5.78 Å². The molecular formula is C26H22N6O3. The summed E-state index contributed by atoms with van der Waals surface area (Å²) in [5, 5.41) is 9.16. The van der Waals surface area contributed by atoms with E-state index in [9.17, 15) is 14.4 Å². The first kappa shape index (κ1) is 22.2. The van der Waals surface area contributed by atoms with E-state index in [1.54, 1.807) is 47.4 Å². The van der Waals surface area contributed by atoms with Gasteiger partial charge in [-0.15, -0.1) is 0 Å². The minimum absolute atomic E-state index is 0.122. The molecule has 1 amide bonds. The molecule has 0 aliphatic carbocycles. The standard InChI is InChI=1S/C26H22N6O3/c1-16(33)30-22-13-18(9-12-29-22)25-24(31-19-5-3-2-4-6-19)23-20(14-28-15-21(23)34)32(25)26(35)17-7-10-27-11-8-17/h2-13,28,31H,14-15H2,1H3,(H,29,30,33). The third kappa shape index (κ3) is 4.32. The Labute approximate surface area is 201 Å². The Balaban J connectivity index is 1.79. The molecule has 0 radical (unpaired) electrons. The lowest BCUT2D eigenvalue weighted by Gasteiger charge is -2.16. The van der Waals surface area contributed by atoms with E-state index in [0.717, 1.165) is 5.69 Å². The van der Waals surface area contributed by atoms with Gasteiger partial charge in [-0.25, -0.2) is 4.98 Å². The summed E-state index contributed by atoms with van der Waals surface area (Å²) in [6, 6.07) is 16.2. The maximum atomic E-state index is 13.8. The van der Waals surface area contributed by atoms with Gasteiger partial charge in [0.05, 0.1) is 29.2 Å². The van der Waals surface area contributed by atoms with Gasteiger partial charge in [-0.05, 0) is 36.4 Å². The number of nitrogens with zero attached hydrogens (tertiary/aromatic N) is 3. The van der Waals surface area contributed by atoms with Gasteiger partial charge in [-0.1, -0.05) is 18.2 Å². The van der Waals surface area contributed by atoms with Crippen molar-refractivity contribution < 1.29 is 14.4 Å². The van der Waals surface area contributed by atoms with Crippen LogP contribution in [0.3, 0.4) is 0 Å². The summed E-state index contributed by atoms with van der Waals surface area (Å²) in [5.41, 5.74) is 3.88. The summed E-state index contributed by atoms with van der Waals surface area (Å²) >= 11 is 0. The van der Waals surface area contributed by atoms with E-state index in [0.29, 0.717) is 46.1 Å². The average molecular weight is 467 g/mol. The topological polar surface area (TPSA) is 118 Å². The van der Waals surface area contributed by atoms with Crippen LogP contribution in [0.15, 0.2) is 73.2 Å². The molecule has 1 aliphatic heterocycles. The Morgan fingerprint density at radius 3 is 2.51 bits per heavy atom. The molecule has 0 bridgehead atoms. The largest absolute Gasteiger partial charge is 0.353 e. The Kier molecular flexibility index (Phi) is 5.90. The highest BCUT2D eigenvalue weighted by Gasteiger charge is 2.33. The summed E-state index contributed by atoms with van der Waals surface area (Å²) in [4.78, 5) is 46.9. The van der Waals surface area contributed by atoms with Crippen molar-refractivity contribution in [2.75, 3.05) is 17.2 Å². The summed E-state index contributed by atoms with van der Waals surface area (Å²) in [7, 11) is 0. The van der Waals surface area contributed by atoms with Crippen molar-refractivity contribution in [1.82, 2.24) is 19.9 Å². The first-order chi connectivity index (χ1) is 17.0. The summed E-state index contributed by atoms with van der Waals surface area (Å²) in [6.07, 6.45) is 4.66. The zero-order chi connectivity index (χ0) is 24.4. The quantitative estimate of drug-likeness (QED) is 0.411. The summed E-state index contributed by atoms with van der Waals surface area (Å²) in [6.45, 7) is 1.90. The van der Waals surface area contributed by atoms with Gasteiger partial charge in [0.1, 0.15) is 5.82 Å². The van der Waals surface area contributed by atoms with Crippen molar-refractivity contribution in [3.05, 3.63) is 90.0 Å². The van der Waals surface area contributed by atoms with E-state index in [2.05, 4.69) is 25.9 Å². The molecule has 0 saturated carbocycles. The number of nitrogens with one attached hydrogen (secondary N) is 3. The van der Waals surface area contributed by atoms with Crippen LogP contribution in [0, 0.1) is 0 Å². The van der Waals surface area contributed by atoms with Gasteiger partial charge in [0, 0.05) is 48.9 Å². The Morgan fingerprint density at radius 1 is 1.00 bits per heavy atom. The van der Waals surface area contributed by atoms with E-state index >= 15 is 0 Å². The van der Waals surface area contributed by atoms with Crippen molar-refractivity contribution >= 4 is 34.8 Å². The van der Waals surface area contributed by atoms with Crippen molar-refractivity contribution in [3.8, 4) is 11.3 Å². The Morgan fingerprint density at radius 2 is 1.77 bits per heavy atom. The lowest BCUT2D eigenvalue weighted by atomic mass is 10.0. The molecule has 9 nitrogen and oxygen atoms in total. The van der Waals surface area contributed by atoms with Crippen LogP contribution in [0.1, 0.15) is 33.3 Å². The highest BCUT2D eigenvalue weighted by Crippen LogP contribution is 2.40. The number of ketones is 1. The Hall–Kier alpha value is -4.63. The molecular weight excluding hydrogens is 444 g/mol. The fraction of sp³-hybridized carbons (Fsp3) is 0.115. The maximum Gasteiger partial charge on any atom is 0.262 e. The molecule has 3 aromatic heterocycles. The first-order valence-electron chi connectivity index (χ1n) is 11.0. The number of fused-ring (bicyclic) bond motifs is 1. The van der Waals surface area contributed by atoms with Crippen molar-refractivity contribution in [2.45, 2.75) is 13.5 Å². The second-order valence-corrected chi connectivity index (χ2v) is 8.05. The molecule has 0 spiro atoms. The average Bonchev–Trinajstić information content (AvgIpc) is 3.19. The van der Waals surface area contributed by atoms with Crippen molar-refractivity contribution in [2.24, 2.45) is 0 Å². The van der Waals surface area contributed by atoms with Crippen LogP contribution in [0.5, 0.6) is 0 Å². The number of hydrogen-bond acceptors (Lipinski definition) is 7. The predicted molar refractivity (Wildman–Crippen MR) is 132 cm³/mol. The molecule has 4 heterocycles. The van der Waals surface area contributed by atoms with Crippen LogP contribution >= 0.6 is 0 Å². The molecule has 5 rings (SSSR count). The number of carbonyl (C=O) groups is 3. The van der Waals surface area contributed by atoms with Gasteiger partial charge in [0.25, 0.3) is 5.91 Å². The number of aromatic nitrogens is 3. The lowest BCUT2D eigenvalue weighted by Crippen LogP contribution is -2.32. The minimum atomic E-state index is -0.297. The number of pyridine rings is 2. The Bertz CT molecular complexity index is 1430. The molecule has 1 aliphatic rings. The molecule has 3 N–H and O–H groups in total. The van der Waals surface area contributed by atoms with Crippen LogP contribution in [0.4, 0.5) is 17.2 Å². The SMILES string of the molecule is CC(=O)Nc1cc(-c2c(Nc3ccccc3)c3c(n2C(=O)c2ccncc2)CNCC3=O)ccn1. The monoisotopic (exact) mass is 466 g/mol. The van der Waals surface area contributed by atoms with E-state index in [1.165, 1.54) is 6.92 Å². The number of amides is 1. The van der Waals surface area contributed by atoms with E-state index in [-0.39, 0.29) is 24.1 Å². The molecule has 0 saturated heterocycles. The van der Waals surface area contributed by atoms with Crippen molar-refractivity contribution in [3.63, 3.8) is 0 Å². The van der Waals surface area contributed by atoms with Crippen LogP contribution < -0.4 is 16.0 Å². The van der Waals surface area contributed by atoms with E-state index < -0.39 is 0 Å². The number of carbonyl (C=O) groups excluding carboxylic acids is 3. The van der Waals surface area contributed by atoms with Crippen molar-refractivity contribution in [1.29, 1.82) is 0 Å². The molecule has 9 heteroatoms. The maximum absolute atomic E-state index is 13.8. The predicted octanol–water partition coefficient (Wildman–Crippen LogP) is 3.62. The lowest BCUT2D eigenvalue weighted by molar-refractivity contribution is -0.114. The third-order valence-corrected chi connectivity index (χ3v) is 5.64. The van der Waals surface area contributed by atoms with Gasteiger partial charge in [0.2, 0.25) is 5.91 Å². The molecule has 4 aromatic rings. The summed E-state index contributed by atoms with van der Waals surface area (Å²) in [5.74, 6) is -0.344. The molecule has 174 valence electrons. The number of hydrogen-bond donors (Lipinski definition) is 3. The highest BCUT2D eigenvalue weighted by atomic mass is 16.2. The van der Waals surface area contributed by atoms with Gasteiger partial charge in [-0.3, -0.25) is 23.9 Å². The first-order valence-corrected chi connectivity index (χ1v) is 11.0. The van der Waals surface area contributed by atoms with Crippen LogP contribution in [0.2, 0.25) is 0 Å². The normalized spacial score (nSPS) is 12.7. The van der Waals surface area contributed by atoms with Gasteiger partial charge < -0.3 is 16.0 Å². The molecule has 0 fully saturated rings. The van der Waals surface area contributed by atoms with Crippen LogP contribution in [0.25, 0.3) is 11.3 Å². The van der Waals surface area contributed by atoms with E-state index in [1.807, 2.05) is 30.3 Å². The summed E-state index contributed by atoms with van der Waals surface area (Å²) < 4.78 is 1.56. The number of Topliss-reactive ketones (excluding diaryl/α,β-unsaturated/α-hetero) is 1. The van der Waals surface area contributed by atoms with Crippen LogP contribution in [-0.2, 0) is 11.3 Å². The zero-order valence-corrected chi connectivity index (χ0v) is 18.9. The fourth-order valence-electron chi connectivity index (χ4n) is 4.21. The smallest absolute Gasteiger partial charge is 0.262 e. The fourth-order valence-corrected chi connectivity index (χ4v) is 4.21. The highest BCUT2D eigenvalue weighted by molar-refractivity contribution is 6.12. The second kappa shape index (κ2) is 9.32. The van der Waals surface area contributed by atoms with Gasteiger partial charge in [-0.2, -0.15) is 0 Å². The molecule has 0 unspecified atom stereocenters. The molecule has 35 heavy (non-hydrogen) atoms. The van der Waals surface area contributed by atoms with Gasteiger partial charge >= 0.3 is 0 Å². The number of rotatable bonds is 5. The van der Waals surface area contributed by atoms with Crippen LogP contribution in [-0.4, -0.2) is 38.7 Å². The van der Waals surface area contributed by atoms with E-state index in [4.69, 9.17) is 0 Å². The number of para-hydroxylation sites is 1. The zero-order valence-electron chi connectivity index (χ0n) is 18.9. The number of anilines is 3. The molecule has 0 atom stereocenters. The molecule has 1 aromatic carbocycles. The second-order valence-electron chi connectivity index (χ2n) is 8.05. The third-order valence-electron chi connectivity index (χ3n) is 5.64.